The fourth-order valence-corrected chi connectivity index (χ4v) is 5.28. The summed E-state index contributed by atoms with van der Waals surface area (Å²) in [6, 6.07) is 9.31. The van der Waals surface area contributed by atoms with Crippen molar-refractivity contribution in [1.82, 2.24) is 9.62 Å². The molecule has 1 aliphatic rings. The molecule has 2 rings (SSSR count). The number of carbonyl (C=O) groups excluding carboxylic acids is 1. The quantitative estimate of drug-likeness (QED) is 0.791. The lowest BCUT2D eigenvalue weighted by molar-refractivity contribution is -0.127. The molecule has 1 aliphatic heterocycles. The van der Waals surface area contributed by atoms with Gasteiger partial charge in [0, 0.05) is 19.1 Å². The average Bonchev–Trinajstić information content (AvgIpc) is 2.59. The topological polar surface area (TPSA) is 66.5 Å². The molecular formula is C20H32N2O3S. The average molecular weight is 381 g/mol. The monoisotopic (exact) mass is 380 g/mol. The van der Waals surface area contributed by atoms with Crippen molar-refractivity contribution < 1.29 is 13.2 Å². The molecule has 6 heteroatoms. The maximum absolute atomic E-state index is 12.8. The summed E-state index contributed by atoms with van der Waals surface area (Å²) in [7, 11) is -3.41. The molecule has 1 atom stereocenters. The van der Waals surface area contributed by atoms with Gasteiger partial charge in [-0.05, 0) is 30.2 Å². The van der Waals surface area contributed by atoms with Crippen LogP contribution in [0.15, 0.2) is 30.3 Å². The van der Waals surface area contributed by atoms with Gasteiger partial charge in [0.2, 0.25) is 15.9 Å². The molecule has 1 N–H and O–H groups in total. The van der Waals surface area contributed by atoms with Crippen LogP contribution >= 0.6 is 0 Å². The third-order valence-corrected chi connectivity index (χ3v) is 6.90. The summed E-state index contributed by atoms with van der Waals surface area (Å²) in [6.45, 7) is 9.18. The van der Waals surface area contributed by atoms with E-state index in [0.717, 1.165) is 18.4 Å². The lowest BCUT2D eigenvalue weighted by Crippen LogP contribution is -2.50. The van der Waals surface area contributed by atoms with Crippen molar-refractivity contribution in [2.24, 2.45) is 17.8 Å². The van der Waals surface area contributed by atoms with E-state index in [-0.39, 0.29) is 30.2 Å². The highest BCUT2D eigenvalue weighted by atomic mass is 32.2. The minimum atomic E-state index is -3.41. The maximum Gasteiger partial charge on any atom is 0.224 e. The Morgan fingerprint density at radius 2 is 1.77 bits per heavy atom. The number of nitrogens with one attached hydrogen (secondary N) is 1. The first-order valence-corrected chi connectivity index (χ1v) is 11.1. The molecule has 1 heterocycles. The van der Waals surface area contributed by atoms with Crippen molar-refractivity contribution in [3.8, 4) is 0 Å². The molecule has 1 fully saturated rings. The van der Waals surface area contributed by atoms with Crippen molar-refractivity contribution >= 4 is 15.9 Å². The second-order valence-electron chi connectivity index (χ2n) is 7.96. The highest BCUT2D eigenvalue weighted by molar-refractivity contribution is 7.88. The zero-order valence-corrected chi connectivity index (χ0v) is 17.1. The molecule has 146 valence electrons. The standard InChI is InChI=1S/C20H32N2O3S/c1-15(2)19(16(3)4)21-20(23)18-11-8-12-22(13-18)26(24,25)14-17-9-6-5-7-10-17/h5-7,9-10,15-16,18-19H,8,11-14H2,1-4H3,(H,21,23)/t18-/m0/s1. The van der Waals surface area contributed by atoms with E-state index in [1.807, 2.05) is 30.3 Å². The lowest BCUT2D eigenvalue weighted by Gasteiger charge is -2.33. The molecule has 0 bridgehead atoms. The molecule has 0 radical (unpaired) electrons. The van der Waals surface area contributed by atoms with Gasteiger partial charge in [-0.2, -0.15) is 0 Å². The van der Waals surface area contributed by atoms with Crippen LogP contribution in [-0.2, 0) is 20.6 Å². The second kappa shape index (κ2) is 9.00. The molecule has 1 amide bonds. The van der Waals surface area contributed by atoms with Crippen LogP contribution < -0.4 is 5.32 Å². The van der Waals surface area contributed by atoms with E-state index >= 15 is 0 Å². The predicted octanol–water partition coefficient (Wildman–Crippen LogP) is 3.03. The highest BCUT2D eigenvalue weighted by Gasteiger charge is 2.33. The number of carbonyl (C=O) groups is 1. The smallest absolute Gasteiger partial charge is 0.224 e. The van der Waals surface area contributed by atoms with Crippen molar-refractivity contribution in [3.05, 3.63) is 35.9 Å². The van der Waals surface area contributed by atoms with E-state index < -0.39 is 10.0 Å². The number of benzene rings is 1. The minimum Gasteiger partial charge on any atom is -0.353 e. The Morgan fingerprint density at radius 1 is 1.15 bits per heavy atom. The number of amides is 1. The van der Waals surface area contributed by atoms with Gasteiger partial charge in [0.15, 0.2) is 0 Å². The molecule has 5 nitrogen and oxygen atoms in total. The van der Waals surface area contributed by atoms with Crippen LogP contribution in [0.3, 0.4) is 0 Å². The molecule has 1 aromatic rings. The summed E-state index contributed by atoms with van der Waals surface area (Å²) < 4.78 is 27.0. The summed E-state index contributed by atoms with van der Waals surface area (Å²) in [5.41, 5.74) is 0.777. The van der Waals surface area contributed by atoms with Crippen molar-refractivity contribution in [2.75, 3.05) is 13.1 Å². The van der Waals surface area contributed by atoms with Gasteiger partial charge in [0.1, 0.15) is 0 Å². The number of rotatable bonds is 7. The largest absolute Gasteiger partial charge is 0.353 e. The van der Waals surface area contributed by atoms with E-state index in [1.54, 1.807) is 0 Å². The fraction of sp³-hybridized carbons (Fsp3) is 0.650. The van der Waals surface area contributed by atoms with E-state index in [9.17, 15) is 13.2 Å². The molecule has 0 saturated carbocycles. The number of hydrogen-bond acceptors (Lipinski definition) is 3. The van der Waals surface area contributed by atoms with Gasteiger partial charge in [-0.1, -0.05) is 58.0 Å². The third kappa shape index (κ3) is 5.55. The van der Waals surface area contributed by atoms with Gasteiger partial charge < -0.3 is 5.32 Å². The molecule has 0 unspecified atom stereocenters. The van der Waals surface area contributed by atoms with Crippen LogP contribution in [-0.4, -0.2) is 37.8 Å². The summed E-state index contributed by atoms with van der Waals surface area (Å²) in [6.07, 6.45) is 1.46. The lowest BCUT2D eigenvalue weighted by atomic mass is 9.91. The Kier molecular flexibility index (Phi) is 7.24. The molecular weight excluding hydrogens is 348 g/mol. The number of sulfonamides is 1. The van der Waals surface area contributed by atoms with Crippen LogP contribution in [0.2, 0.25) is 0 Å². The Hall–Kier alpha value is -1.40. The Labute approximate surface area is 158 Å². The van der Waals surface area contributed by atoms with Gasteiger partial charge in [-0.15, -0.1) is 0 Å². The van der Waals surface area contributed by atoms with Gasteiger partial charge in [-0.3, -0.25) is 4.79 Å². The highest BCUT2D eigenvalue weighted by Crippen LogP contribution is 2.23. The zero-order chi connectivity index (χ0) is 19.3. The van der Waals surface area contributed by atoms with Crippen LogP contribution in [0.5, 0.6) is 0 Å². The van der Waals surface area contributed by atoms with Crippen molar-refractivity contribution in [1.29, 1.82) is 0 Å². The summed E-state index contributed by atoms with van der Waals surface area (Å²) in [4.78, 5) is 12.7. The SMILES string of the molecule is CC(C)C(NC(=O)[C@H]1CCCN(S(=O)(=O)Cc2ccccc2)C1)C(C)C. The van der Waals surface area contributed by atoms with Crippen LogP contribution in [0.25, 0.3) is 0 Å². The molecule has 0 spiro atoms. The number of piperidine rings is 1. The van der Waals surface area contributed by atoms with Crippen molar-refractivity contribution in [2.45, 2.75) is 52.3 Å². The van der Waals surface area contributed by atoms with Gasteiger partial charge in [-0.25, -0.2) is 12.7 Å². The zero-order valence-electron chi connectivity index (χ0n) is 16.3. The first-order chi connectivity index (χ1) is 12.2. The molecule has 1 aromatic carbocycles. The van der Waals surface area contributed by atoms with E-state index in [2.05, 4.69) is 33.0 Å². The summed E-state index contributed by atoms with van der Waals surface area (Å²) in [5, 5.41) is 3.15. The van der Waals surface area contributed by atoms with Crippen LogP contribution in [0.1, 0.15) is 46.1 Å². The Balaban J connectivity index is 2.02. The van der Waals surface area contributed by atoms with Gasteiger partial charge in [0.25, 0.3) is 0 Å². The second-order valence-corrected chi connectivity index (χ2v) is 9.93. The van der Waals surface area contributed by atoms with E-state index in [4.69, 9.17) is 0 Å². The number of hydrogen-bond donors (Lipinski definition) is 1. The van der Waals surface area contributed by atoms with Crippen molar-refractivity contribution in [3.63, 3.8) is 0 Å². The van der Waals surface area contributed by atoms with Gasteiger partial charge >= 0.3 is 0 Å². The summed E-state index contributed by atoms with van der Waals surface area (Å²) in [5.74, 6) is 0.398. The third-order valence-electron chi connectivity index (χ3n) is 5.09. The summed E-state index contributed by atoms with van der Waals surface area (Å²) >= 11 is 0. The van der Waals surface area contributed by atoms with Gasteiger partial charge in [0.05, 0.1) is 11.7 Å². The molecule has 0 aromatic heterocycles. The van der Waals surface area contributed by atoms with E-state index in [1.165, 1.54) is 4.31 Å². The van der Waals surface area contributed by atoms with E-state index in [0.29, 0.717) is 18.4 Å². The first kappa shape index (κ1) is 20.9. The van der Waals surface area contributed by atoms with Crippen LogP contribution in [0, 0.1) is 17.8 Å². The molecule has 1 saturated heterocycles. The molecule has 0 aliphatic carbocycles. The minimum absolute atomic E-state index is 0.0111. The predicted molar refractivity (Wildman–Crippen MR) is 105 cm³/mol. The molecule has 26 heavy (non-hydrogen) atoms. The normalized spacial score (nSPS) is 19.3. The van der Waals surface area contributed by atoms with Crippen LogP contribution in [0.4, 0.5) is 0 Å². The maximum atomic E-state index is 12.8. The Morgan fingerprint density at radius 3 is 2.35 bits per heavy atom. The fourth-order valence-electron chi connectivity index (χ4n) is 3.67. The number of nitrogens with zero attached hydrogens (tertiary/aromatic N) is 1. The Bertz CT molecular complexity index is 678. The first-order valence-electron chi connectivity index (χ1n) is 9.53.